The fourth-order valence-corrected chi connectivity index (χ4v) is 4.70. The lowest BCUT2D eigenvalue weighted by atomic mass is 9.91. The topological polar surface area (TPSA) is 67.6 Å². The zero-order chi connectivity index (χ0) is 21.5. The molecule has 160 valence electrons. The molecule has 2 atom stereocenters. The molecule has 31 heavy (non-hydrogen) atoms. The summed E-state index contributed by atoms with van der Waals surface area (Å²) < 4.78 is 7.38. The van der Waals surface area contributed by atoms with Crippen LogP contribution in [0.15, 0.2) is 48.8 Å². The van der Waals surface area contributed by atoms with E-state index in [1.54, 1.807) is 11.1 Å². The monoisotopic (exact) mass is 417 g/mol. The van der Waals surface area contributed by atoms with E-state index in [9.17, 15) is 9.90 Å². The Kier molecular flexibility index (Phi) is 5.12. The van der Waals surface area contributed by atoms with Gasteiger partial charge in [0.1, 0.15) is 0 Å². The third-order valence-corrected chi connectivity index (χ3v) is 6.75. The zero-order valence-corrected chi connectivity index (χ0v) is 17.9. The molecule has 3 aromatic rings. The van der Waals surface area contributed by atoms with Crippen molar-refractivity contribution in [1.82, 2.24) is 14.7 Å². The Labute approximate surface area is 182 Å². The minimum absolute atomic E-state index is 0.00271. The number of hydrogen-bond donors (Lipinski definition) is 1. The van der Waals surface area contributed by atoms with E-state index in [1.165, 1.54) is 22.3 Å². The summed E-state index contributed by atoms with van der Waals surface area (Å²) in [6.07, 6.45) is 4.50. The predicted molar refractivity (Wildman–Crippen MR) is 117 cm³/mol. The number of aromatic nitrogens is 2. The predicted octanol–water partition coefficient (Wildman–Crippen LogP) is 3.19. The number of aliphatic hydroxyl groups excluding tert-OH is 1. The summed E-state index contributed by atoms with van der Waals surface area (Å²) in [4.78, 5) is 15.0. The van der Waals surface area contributed by atoms with Gasteiger partial charge in [-0.05, 0) is 78.8 Å². The third kappa shape index (κ3) is 3.56. The van der Waals surface area contributed by atoms with Gasteiger partial charge in [0, 0.05) is 31.1 Å². The van der Waals surface area contributed by atoms with Gasteiger partial charge in [-0.2, -0.15) is 5.10 Å². The van der Waals surface area contributed by atoms with E-state index in [4.69, 9.17) is 4.74 Å². The molecule has 0 radical (unpaired) electrons. The van der Waals surface area contributed by atoms with Gasteiger partial charge in [0.2, 0.25) is 0 Å². The van der Waals surface area contributed by atoms with Gasteiger partial charge in [0.05, 0.1) is 24.4 Å². The van der Waals surface area contributed by atoms with E-state index in [0.717, 1.165) is 23.2 Å². The second-order valence-corrected chi connectivity index (χ2v) is 8.54. The Morgan fingerprint density at radius 3 is 2.71 bits per heavy atom. The van der Waals surface area contributed by atoms with Crippen molar-refractivity contribution in [3.05, 3.63) is 82.2 Å². The minimum Gasteiger partial charge on any atom is -0.391 e. The van der Waals surface area contributed by atoms with Crippen molar-refractivity contribution in [2.75, 3.05) is 13.2 Å². The van der Waals surface area contributed by atoms with E-state index < -0.39 is 6.10 Å². The molecule has 6 heteroatoms. The van der Waals surface area contributed by atoms with Crippen LogP contribution in [0.4, 0.5) is 0 Å². The lowest BCUT2D eigenvalue weighted by molar-refractivity contribution is -0.0528. The molecule has 0 bridgehead atoms. The molecule has 1 amide bonds. The van der Waals surface area contributed by atoms with Crippen molar-refractivity contribution in [3.63, 3.8) is 0 Å². The van der Waals surface area contributed by atoms with Crippen LogP contribution in [0.3, 0.4) is 0 Å². The number of aliphatic hydroxyl groups is 1. The molecule has 1 N–H and O–H groups in total. The average Bonchev–Trinajstić information content (AvgIpc) is 3.42. The number of benzene rings is 2. The normalized spacial score (nSPS) is 20.9. The molecule has 6 nitrogen and oxygen atoms in total. The lowest BCUT2D eigenvalue weighted by Gasteiger charge is -2.34. The molecule has 2 unspecified atom stereocenters. The number of carbonyl (C=O) groups excluding carboxylic acids is 1. The number of hydrogen-bond acceptors (Lipinski definition) is 4. The Morgan fingerprint density at radius 1 is 1.19 bits per heavy atom. The quantitative estimate of drug-likeness (QED) is 0.708. The van der Waals surface area contributed by atoms with Crippen LogP contribution in [0, 0.1) is 13.8 Å². The maximum Gasteiger partial charge on any atom is 0.254 e. The fourth-order valence-electron chi connectivity index (χ4n) is 4.70. The number of ether oxygens (including phenoxy) is 1. The highest BCUT2D eigenvalue weighted by atomic mass is 16.5. The SMILES string of the molecule is Cc1c(Cc2ccc(-n3cccn3)cc2)cc2c(c1C)CN(C1COCCC1O)C2=O. The Bertz CT molecular complexity index is 1110. The fraction of sp³-hybridized carbons (Fsp3) is 0.360. The van der Waals surface area contributed by atoms with Crippen molar-refractivity contribution >= 4 is 5.91 Å². The third-order valence-electron chi connectivity index (χ3n) is 6.75. The summed E-state index contributed by atoms with van der Waals surface area (Å²) in [5.41, 5.74) is 7.62. The lowest BCUT2D eigenvalue weighted by Crippen LogP contribution is -2.49. The highest BCUT2D eigenvalue weighted by Crippen LogP contribution is 2.33. The van der Waals surface area contributed by atoms with Gasteiger partial charge >= 0.3 is 0 Å². The van der Waals surface area contributed by atoms with Crippen LogP contribution in [0.2, 0.25) is 0 Å². The molecule has 0 saturated carbocycles. The van der Waals surface area contributed by atoms with Gasteiger partial charge in [-0.25, -0.2) is 4.68 Å². The molecule has 2 aromatic carbocycles. The first-order valence-electron chi connectivity index (χ1n) is 10.8. The standard InChI is InChI=1S/C25H27N3O3/c1-16-17(2)22-14-27(23-15-31-11-8-24(23)29)25(30)21(22)13-19(16)12-18-4-6-20(7-5-18)28-10-3-9-26-28/h3-7,9-10,13,23-24,29H,8,11-12,14-15H2,1-2H3. The van der Waals surface area contributed by atoms with Gasteiger partial charge in [0.15, 0.2) is 0 Å². The summed E-state index contributed by atoms with van der Waals surface area (Å²) >= 11 is 0. The van der Waals surface area contributed by atoms with Crippen molar-refractivity contribution in [1.29, 1.82) is 0 Å². The average molecular weight is 418 g/mol. The number of fused-ring (bicyclic) bond motifs is 1. The van der Waals surface area contributed by atoms with Gasteiger partial charge in [0.25, 0.3) is 5.91 Å². The second-order valence-electron chi connectivity index (χ2n) is 8.54. The van der Waals surface area contributed by atoms with Gasteiger partial charge in [-0.1, -0.05) is 12.1 Å². The highest BCUT2D eigenvalue weighted by Gasteiger charge is 2.39. The molecular formula is C25H27N3O3. The van der Waals surface area contributed by atoms with Gasteiger partial charge < -0.3 is 14.7 Å². The van der Waals surface area contributed by atoms with Gasteiger partial charge in [-0.3, -0.25) is 4.79 Å². The van der Waals surface area contributed by atoms with Crippen LogP contribution in [-0.2, 0) is 17.7 Å². The largest absolute Gasteiger partial charge is 0.391 e. The van der Waals surface area contributed by atoms with E-state index in [-0.39, 0.29) is 11.9 Å². The number of rotatable bonds is 4. The Hall–Kier alpha value is -2.96. The van der Waals surface area contributed by atoms with E-state index >= 15 is 0 Å². The van der Waals surface area contributed by atoms with Gasteiger partial charge in [-0.15, -0.1) is 0 Å². The summed E-state index contributed by atoms with van der Waals surface area (Å²) in [6, 6.07) is 12.0. The van der Waals surface area contributed by atoms with E-state index in [2.05, 4.69) is 49.3 Å². The summed E-state index contributed by atoms with van der Waals surface area (Å²) in [5.74, 6) is 0.00271. The number of amides is 1. The smallest absolute Gasteiger partial charge is 0.254 e. The van der Waals surface area contributed by atoms with Crippen molar-refractivity contribution < 1.29 is 14.6 Å². The maximum atomic E-state index is 13.2. The van der Waals surface area contributed by atoms with Crippen LogP contribution in [0.25, 0.3) is 5.69 Å². The Balaban J connectivity index is 1.41. The van der Waals surface area contributed by atoms with Crippen molar-refractivity contribution in [2.24, 2.45) is 0 Å². The van der Waals surface area contributed by atoms with Crippen LogP contribution >= 0.6 is 0 Å². The highest BCUT2D eigenvalue weighted by molar-refractivity contribution is 5.99. The molecule has 1 saturated heterocycles. The van der Waals surface area contributed by atoms with Crippen molar-refractivity contribution in [2.45, 2.75) is 45.4 Å². The first kappa shape index (κ1) is 20.0. The molecule has 0 spiro atoms. The zero-order valence-electron chi connectivity index (χ0n) is 17.9. The van der Waals surface area contributed by atoms with E-state index in [1.807, 2.05) is 16.9 Å². The van der Waals surface area contributed by atoms with Crippen LogP contribution < -0.4 is 0 Å². The maximum absolute atomic E-state index is 13.2. The molecule has 3 heterocycles. The summed E-state index contributed by atoms with van der Waals surface area (Å²) in [5, 5.41) is 14.7. The molecule has 1 aromatic heterocycles. The van der Waals surface area contributed by atoms with Crippen LogP contribution in [0.5, 0.6) is 0 Å². The van der Waals surface area contributed by atoms with Crippen LogP contribution in [-0.4, -0.2) is 51.1 Å². The molecule has 1 fully saturated rings. The molecular weight excluding hydrogens is 390 g/mol. The van der Waals surface area contributed by atoms with E-state index in [0.29, 0.717) is 26.2 Å². The van der Waals surface area contributed by atoms with Crippen molar-refractivity contribution in [3.8, 4) is 5.69 Å². The summed E-state index contributed by atoms with van der Waals surface area (Å²) in [6.45, 7) is 5.73. The molecule has 5 rings (SSSR count). The molecule has 2 aliphatic rings. The molecule has 2 aliphatic heterocycles. The molecule has 0 aliphatic carbocycles. The minimum atomic E-state index is -0.527. The second kappa shape index (κ2) is 7.94. The number of nitrogens with zero attached hydrogens (tertiary/aromatic N) is 3. The first-order chi connectivity index (χ1) is 15.0. The first-order valence-corrected chi connectivity index (χ1v) is 10.8. The Morgan fingerprint density at radius 2 is 2.00 bits per heavy atom. The summed E-state index contributed by atoms with van der Waals surface area (Å²) in [7, 11) is 0. The van der Waals surface area contributed by atoms with Crippen LogP contribution in [0.1, 0.15) is 44.6 Å². The number of carbonyl (C=O) groups is 1.